The second-order valence-electron chi connectivity index (χ2n) is 2.42. The summed E-state index contributed by atoms with van der Waals surface area (Å²) in [6.07, 6.45) is 3.62. The van der Waals surface area contributed by atoms with E-state index in [1.165, 1.54) is 18.5 Å². The second-order valence-corrected chi connectivity index (χ2v) is 2.42. The maximum absolute atomic E-state index is 4.22. The van der Waals surface area contributed by atoms with Crippen LogP contribution < -0.4 is 0 Å². The Kier molecular flexibility index (Phi) is 3.13. The van der Waals surface area contributed by atoms with Gasteiger partial charge in [-0.1, -0.05) is 0 Å². The fourth-order valence-electron chi connectivity index (χ4n) is 0.904. The topological polar surface area (TPSA) is 12.9 Å². The van der Waals surface area contributed by atoms with Gasteiger partial charge in [0.05, 0.1) is 0 Å². The van der Waals surface area contributed by atoms with Crippen molar-refractivity contribution in [1.82, 2.24) is 4.89 Å². The summed E-state index contributed by atoms with van der Waals surface area (Å²) < 4.78 is 0. The third-order valence-electron chi connectivity index (χ3n) is 1.51. The van der Waals surface area contributed by atoms with E-state index in [0.717, 1.165) is 6.42 Å². The van der Waals surface area contributed by atoms with Crippen LogP contribution in [0.1, 0.15) is 25.5 Å². The van der Waals surface area contributed by atoms with E-state index in [-0.39, 0.29) is 0 Å². The standard InChI is InChI=1S/C8H12BN/c1-2-3-5-8-6-4-7-9-10-8/h4,6-7H,2-3,5H2,1H3. The van der Waals surface area contributed by atoms with Crippen LogP contribution in [0.4, 0.5) is 0 Å². The van der Waals surface area contributed by atoms with Crippen molar-refractivity contribution in [1.29, 1.82) is 0 Å². The molecular formula is C8H12BN. The van der Waals surface area contributed by atoms with E-state index in [1.807, 2.05) is 19.1 Å². The molecule has 0 saturated heterocycles. The van der Waals surface area contributed by atoms with Crippen LogP contribution in [-0.4, -0.2) is 11.9 Å². The van der Waals surface area contributed by atoms with Gasteiger partial charge in [-0.15, -0.1) is 0 Å². The number of hydrogen-bond acceptors (Lipinski definition) is 1. The van der Waals surface area contributed by atoms with Crippen molar-refractivity contribution in [2.75, 3.05) is 0 Å². The molecule has 1 aromatic heterocycles. The zero-order valence-corrected chi connectivity index (χ0v) is 6.38. The predicted molar refractivity (Wildman–Crippen MR) is 44.2 cm³/mol. The molecule has 0 radical (unpaired) electrons. The van der Waals surface area contributed by atoms with Crippen LogP contribution in [0.3, 0.4) is 0 Å². The summed E-state index contributed by atoms with van der Waals surface area (Å²) in [5.41, 5.74) is 1.21. The molecule has 0 aliphatic rings. The Morgan fingerprint density at radius 2 is 2.50 bits per heavy atom. The molecule has 1 nitrogen and oxygen atoms in total. The number of hydrogen-bond donors (Lipinski definition) is 0. The first kappa shape index (κ1) is 7.45. The molecule has 0 aliphatic carbocycles. The number of aromatic nitrogens is 1. The third-order valence-corrected chi connectivity index (χ3v) is 1.51. The van der Waals surface area contributed by atoms with Crippen LogP contribution >= 0.6 is 0 Å². The molecule has 0 spiro atoms. The van der Waals surface area contributed by atoms with Crippen LogP contribution in [0.2, 0.25) is 0 Å². The Morgan fingerprint density at radius 1 is 1.60 bits per heavy atom. The Balaban J connectivity index is 2.43. The molecule has 2 heteroatoms. The van der Waals surface area contributed by atoms with Crippen molar-refractivity contribution in [2.45, 2.75) is 26.2 Å². The van der Waals surface area contributed by atoms with E-state index in [1.54, 1.807) is 0 Å². The van der Waals surface area contributed by atoms with E-state index >= 15 is 0 Å². The fraction of sp³-hybridized carbons (Fsp3) is 0.500. The van der Waals surface area contributed by atoms with Crippen molar-refractivity contribution in [3.05, 3.63) is 23.8 Å². The van der Waals surface area contributed by atoms with E-state index < -0.39 is 0 Å². The van der Waals surface area contributed by atoms with Gasteiger partial charge in [-0.2, -0.15) is 0 Å². The fourth-order valence-corrected chi connectivity index (χ4v) is 0.904. The minimum atomic E-state index is 1.12. The van der Waals surface area contributed by atoms with Crippen LogP contribution in [0.15, 0.2) is 18.1 Å². The number of unbranched alkanes of at least 4 members (excludes halogenated alkanes) is 1. The van der Waals surface area contributed by atoms with Gasteiger partial charge in [-0.3, -0.25) is 0 Å². The Morgan fingerprint density at radius 3 is 3.10 bits per heavy atom. The first-order chi connectivity index (χ1) is 4.93. The van der Waals surface area contributed by atoms with E-state index in [4.69, 9.17) is 0 Å². The molecule has 0 saturated carbocycles. The molecule has 0 N–H and O–H groups in total. The zero-order chi connectivity index (χ0) is 7.23. The number of nitrogens with zero attached hydrogens (tertiary/aromatic N) is 1. The molecule has 0 unspecified atom stereocenters. The average molecular weight is 133 g/mol. The predicted octanol–water partition coefficient (Wildman–Crippen LogP) is 1.76. The van der Waals surface area contributed by atoms with Gasteiger partial charge in [0.15, 0.2) is 0 Å². The molecule has 0 bridgehead atoms. The van der Waals surface area contributed by atoms with Crippen LogP contribution in [0.25, 0.3) is 0 Å². The van der Waals surface area contributed by atoms with Crippen molar-refractivity contribution >= 4 is 7.05 Å². The van der Waals surface area contributed by atoms with Crippen molar-refractivity contribution in [2.24, 2.45) is 0 Å². The van der Waals surface area contributed by atoms with Crippen molar-refractivity contribution < 1.29 is 0 Å². The van der Waals surface area contributed by atoms with Gasteiger partial charge in [0.25, 0.3) is 0 Å². The quantitative estimate of drug-likeness (QED) is 0.612. The first-order valence-electron chi connectivity index (χ1n) is 3.83. The Bertz CT molecular complexity index is 174. The normalized spacial score (nSPS) is 9.30. The van der Waals surface area contributed by atoms with Gasteiger partial charge in [0.1, 0.15) is 0 Å². The Labute approximate surface area is 62.7 Å². The summed E-state index contributed by atoms with van der Waals surface area (Å²) in [5.74, 6) is 1.95. The molecule has 10 heavy (non-hydrogen) atoms. The molecule has 0 aliphatic heterocycles. The van der Waals surface area contributed by atoms with Gasteiger partial charge < -0.3 is 0 Å². The molecule has 0 atom stereocenters. The van der Waals surface area contributed by atoms with Crippen LogP contribution in [0, 0.1) is 0 Å². The van der Waals surface area contributed by atoms with E-state index in [2.05, 4.69) is 17.9 Å². The molecule has 0 aromatic carbocycles. The maximum atomic E-state index is 4.22. The first-order valence-corrected chi connectivity index (χ1v) is 3.83. The average Bonchev–Trinajstić information content (AvgIpc) is 2.03. The molecule has 52 valence electrons. The molecule has 1 heterocycles. The third kappa shape index (κ3) is 2.30. The van der Waals surface area contributed by atoms with Gasteiger partial charge >= 0.3 is 61.9 Å². The van der Waals surface area contributed by atoms with Gasteiger partial charge in [0.2, 0.25) is 0 Å². The summed E-state index contributed by atoms with van der Waals surface area (Å²) in [7, 11) is 1.85. The van der Waals surface area contributed by atoms with E-state index in [0.29, 0.717) is 0 Å². The number of rotatable bonds is 3. The molecule has 0 fully saturated rings. The minimum absolute atomic E-state index is 1.12. The summed E-state index contributed by atoms with van der Waals surface area (Å²) in [6.45, 7) is 2.20. The summed E-state index contributed by atoms with van der Waals surface area (Å²) in [4.78, 5) is 4.22. The summed E-state index contributed by atoms with van der Waals surface area (Å²) >= 11 is 0. The number of aryl methyl sites for hydroxylation is 1. The monoisotopic (exact) mass is 133 g/mol. The molecule has 1 rings (SSSR count). The van der Waals surface area contributed by atoms with Gasteiger partial charge in [0, 0.05) is 0 Å². The molecule has 1 aromatic rings. The SMILES string of the molecule is CCCCc1cccbn1. The van der Waals surface area contributed by atoms with Crippen molar-refractivity contribution in [3.8, 4) is 0 Å². The van der Waals surface area contributed by atoms with Gasteiger partial charge in [-0.25, -0.2) is 0 Å². The van der Waals surface area contributed by atoms with Gasteiger partial charge in [-0.05, 0) is 0 Å². The summed E-state index contributed by atoms with van der Waals surface area (Å²) in [6, 6.07) is 4.12. The van der Waals surface area contributed by atoms with Crippen molar-refractivity contribution in [3.63, 3.8) is 0 Å². The second kappa shape index (κ2) is 4.21. The molecular weight excluding hydrogens is 121 g/mol. The zero-order valence-electron chi connectivity index (χ0n) is 6.38. The summed E-state index contributed by atoms with van der Waals surface area (Å²) in [5, 5.41) is 0. The van der Waals surface area contributed by atoms with Crippen LogP contribution in [0.5, 0.6) is 0 Å². The van der Waals surface area contributed by atoms with Crippen LogP contribution in [-0.2, 0) is 6.42 Å². The van der Waals surface area contributed by atoms with E-state index in [9.17, 15) is 0 Å². The Hall–Kier alpha value is -0.655. The molecule has 0 amide bonds.